The standard InChI is InChI=1S/C11H16O5/c1-4-10(13)15-7-6-9(12)8(3)16-11(14)5-2/h4-5,8-9,12H,1-2,6-7H2,3H3. The Labute approximate surface area is 94.4 Å². The van der Waals surface area contributed by atoms with Crippen molar-refractivity contribution < 1.29 is 24.2 Å². The maximum absolute atomic E-state index is 10.8. The van der Waals surface area contributed by atoms with Gasteiger partial charge in [0.2, 0.25) is 0 Å². The van der Waals surface area contributed by atoms with Gasteiger partial charge in [0.05, 0.1) is 12.7 Å². The van der Waals surface area contributed by atoms with E-state index in [-0.39, 0.29) is 13.0 Å². The van der Waals surface area contributed by atoms with Crippen molar-refractivity contribution in [2.45, 2.75) is 25.6 Å². The maximum atomic E-state index is 10.8. The highest BCUT2D eigenvalue weighted by Crippen LogP contribution is 2.04. The highest BCUT2D eigenvalue weighted by Gasteiger charge is 2.17. The molecule has 0 radical (unpaired) electrons. The van der Waals surface area contributed by atoms with Crippen molar-refractivity contribution in [3.8, 4) is 0 Å². The van der Waals surface area contributed by atoms with E-state index in [0.717, 1.165) is 12.2 Å². The molecule has 5 heteroatoms. The van der Waals surface area contributed by atoms with Crippen LogP contribution >= 0.6 is 0 Å². The maximum Gasteiger partial charge on any atom is 0.330 e. The monoisotopic (exact) mass is 228 g/mol. The van der Waals surface area contributed by atoms with Crippen LogP contribution in [0.4, 0.5) is 0 Å². The summed E-state index contributed by atoms with van der Waals surface area (Å²) >= 11 is 0. The van der Waals surface area contributed by atoms with Crippen LogP contribution in [0.2, 0.25) is 0 Å². The van der Waals surface area contributed by atoms with Gasteiger partial charge in [-0.3, -0.25) is 0 Å². The first kappa shape index (κ1) is 14.4. The first-order valence-electron chi connectivity index (χ1n) is 4.81. The number of rotatable bonds is 7. The third kappa shape index (κ3) is 5.98. The minimum absolute atomic E-state index is 0.0437. The summed E-state index contributed by atoms with van der Waals surface area (Å²) in [5.41, 5.74) is 0. The van der Waals surface area contributed by atoms with E-state index in [1.165, 1.54) is 0 Å². The number of carbonyl (C=O) groups excluding carboxylic acids is 2. The molecule has 0 aromatic rings. The van der Waals surface area contributed by atoms with Crippen molar-refractivity contribution in [2.75, 3.05) is 6.61 Å². The first-order valence-corrected chi connectivity index (χ1v) is 4.81. The van der Waals surface area contributed by atoms with E-state index in [4.69, 9.17) is 4.74 Å². The molecule has 0 aliphatic rings. The number of ether oxygens (including phenoxy) is 2. The fourth-order valence-corrected chi connectivity index (χ4v) is 0.884. The molecule has 0 aromatic heterocycles. The Morgan fingerprint density at radius 1 is 1.31 bits per heavy atom. The lowest BCUT2D eigenvalue weighted by atomic mass is 10.2. The lowest BCUT2D eigenvalue weighted by Crippen LogP contribution is -2.29. The molecular formula is C11H16O5. The minimum atomic E-state index is -0.887. The second kappa shape index (κ2) is 7.64. The molecule has 2 unspecified atom stereocenters. The molecular weight excluding hydrogens is 212 g/mol. The van der Waals surface area contributed by atoms with E-state index >= 15 is 0 Å². The number of esters is 2. The lowest BCUT2D eigenvalue weighted by molar-refractivity contribution is -0.149. The highest BCUT2D eigenvalue weighted by molar-refractivity contribution is 5.81. The van der Waals surface area contributed by atoms with Crippen LogP contribution in [0.3, 0.4) is 0 Å². The van der Waals surface area contributed by atoms with Gasteiger partial charge in [0.1, 0.15) is 6.10 Å². The van der Waals surface area contributed by atoms with Crippen molar-refractivity contribution in [1.29, 1.82) is 0 Å². The lowest BCUT2D eigenvalue weighted by Gasteiger charge is -2.18. The molecule has 0 bridgehead atoms. The van der Waals surface area contributed by atoms with E-state index in [9.17, 15) is 14.7 Å². The molecule has 0 spiro atoms. The Bertz CT molecular complexity index is 272. The summed E-state index contributed by atoms with van der Waals surface area (Å²) < 4.78 is 9.44. The predicted octanol–water partition coefficient (Wildman–Crippen LogP) is 0.584. The Balaban J connectivity index is 3.82. The Morgan fingerprint density at radius 2 is 1.88 bits per heavy atom. The number of aliphatic hydroxyl groups excluding tert-OH is 1. The van der Waals surface area contributed by atoms with Gasteiger partial charge in [0, 0.05) is 18.6 Å². The second-order valence-electron chi connectivity index (χ2n) is 3.07. The predicted molar refractivity (Wildman–Crippen MR) is 57.5 cm³/mol. The molecule has 0 fully saturated rings. The fourth-order valence-electron chi connectivity index (χ4n) is 0.884. The van der Waals surface area contributed by atoms with Gasteiger partial charge in [-0.05, 0) is 6.92 Å². The zero-order valence-electron chi connectivity index (χ0n) is 9.22. The smallest absolute Gasteiger partial charge is 0.330 e. The molecule has 0 saturated heterocycles. The van der Waals surface area contributed by atoms with Crippen LogP contribution in [0.5, 0.6) is 0 Å². The fraction of sp³-hybridized carbons (Fsp3) is 0.455. The molecule has 0 amide bonds. The molecule has 2 atom stereocenters. The van der Waals surface area contributed by atoms with Crippen molar-refractivity contribution >= 4 is 11.9 Å². The van der Waals surface area contributed by atoms with E-state index in [2.05, 4.69) is 17.9 Å². The van der Waals surface area contributed by atoms with Crippen LogP contribution in [0, 0.1) is 0 Å². The Kier molecular flexibility index (Phi) is 6.87. The summed E-state index contributed by atoms with van der Waals surface area (Å²) in [7, 11) is 0. The summed E-state index contributed by atoms with van der Waals surface area (Å²) in [4.78, 5) is 21.5. The van der Waals surface area contributed by atoms with E-state index < -0.39 is 24.1 Å². The van der Waals surface area contributed by atoms with Gasteiger partial charge in [-0.2, -0.15) is 0 Å². The van der Waals surface area contributed by atoms with E-state index in [1.54, 1.807) is 6.92 Å². The van der Waals surface area contributed by atoms with Crippen LogP contribution in [-0.4, -0.2) is 35.9 Å². The summed E-state index contributed by atoms with van der Waals surface area (Å²) in [6.07, 6.45) is 0.675. The third-order valence-corrected chi connectivity index (χ3v) is 1.84. The minimum Gasteiger partial charge on any atom is -0.462 e. The average molecular weight is 228 g/mol. The SMILES string of the molecule is C=CC(=O)OCCC(O)C(C)OC(=O)C=C. The van der Waals surface area contributed by atoms with Crippen molar-refractivity contribution in [1.82, 2.24) is 0 Å². The van der Waals surface area contributed by atoms with Gasteiger partial charge >= 0.3 is 11.9 Å². The van der Waals surface area contributed by atoms with Gasteiger partial charge < -0.3 is 14.6 Å². The first-order chi connectivity index (χ1) is 7.51. The molecule has 1 N–H and O–H groups in total. The third-order valence-electron chi connectivity index (χ3n) is 1.84. The van der Waals surface area contributed by atoms with E-state index in [0.29, 0.717) is 0 Å². The number of carbonyl (C=O) groups is 2. The summed E-state index contributed by atoms with van der Waals surface area (Å²) in [6.45, 7) is 8.05. The van der Waals surface area contributed by atoms with Crippen LogP contribution < -0.4 is 0 Å². The summed E-state index contributed by atoms with van der Waals surface area (Å²) in [6, 6.07) is 0. The molecule has 0 aliphatic carbocycles. The summed E-state index contributed by atoms with van der Waals surface area (Å²) in [5, 5.41) is 9.52. The molecule has 0 saturated carbocycles. The molecule has 0 aliphatic heterocycles. The van der Waals surface area contributed by atoms with Crippen molar-refractivity contribution in [3.63, 3.8) is 0 Å². The second-order valence-corrected chi connectivity index (χ2v) is 3.07. The van der Waals surface area contributed by atoms with Crippen LogP contribution in [0.15, 0.2) is 25.3 Å². The Hall–Kier alpha value is -1.62. The number of hydrogen-bond donors (Lipinski definition) is 1. The molecule has 5 nitrogen and oxygen atoms in total. The van der Waals surface area contributed by atoms with E-state index in [1.807, 2.05) is 0 Å². The molecule has 0 rings (SSSR count). The van der Waals surface area contributed by atoms with Gasteiger partial charge in [0.15, 0.2) is 0 Å². The van der Waals surface area contributed by atoms with Gasteiger partial charge in [0.25, 0.3) is 0 Å². The van der Waals surface area contributed by atoms with Crippen LogP contribution in [-0.2, 0) is 19.1 Å². The zero-order valence-corrected chi connectivity index (χ0v) is 9.22. The van der Waals surface area contributed by atoms with Crippen molar-refractivity contribution in [3.05, 3.63) is 25.3 Å². The average Bonchev–Trinajstić information content (AvgIpc) is 2.28. The quantitative estimate of drug-likeness (QED) is 0.510. The highest BCUT2D eigenvalue weighted by atomic mass is 16.6. The normalized spacial score (nSPS) is 13.4. The van der Waals surface area contributed by atoms with Crippen LogP contribution in [0.25, 0.3) is 0 Å². The molecule has 0 heterocycles. The Morgan fingerprint density at radius 3 is 2.38 bits per heavy atom. The molecule has 0 aromatic carbocycles. The number of aliphatic hydroxyl groups is 1. The van der Waals surface area contributed by atoms with Crippen molar-refractivity contribution in [2.24, 2.45) is 0 Å². The van der Waals surface area contributed by atoms with Gasteiger partial charge in [-0.15, -0.1) is 0 Å². The summed E-state index contributed by atoms with van der Waals surface area (Å²) in [5.74, 6) is -1.16. The molecule has 16 heavy (non-hydrogen) atoms. The van der Waals surface area contributed by atoms with Crippen LogP contribution in [0.1, 0.15) is 13.3 Å². The largest absolute Gasteiger partial charge is 0.462 e. The topological polar surface area (TPSA) is 72.8 Å². The van der Waals surface area contributed by atoms with Gasteiger partial charge in [-0.25, -0.2) is 9.59 Å². The zero-order chi connectivity index (χ0) is 12.6. The molecule has 90 valence electrons. The van der Waals surface area contributed by atoms with Gasteiger partial charge in [-0.1, -0.05) is 13.2 Å². The number of hydrogen-bond acceptors (Lipinski definition) is 5.